The van der Waals surface area contributed by atoms with E-state index in [2.05, 4.69) is 22.8 Å². The molecule has 142 valence electrons. The summed E-state index contributed by atoms with van der Waals surface area (Å²) in [5.74, 6) is -0.295. The van der Waals surface area contributed by atoms with Crippen LogP contribution in [0, 0.1) is 5.41 Å². The maximum atomic E-state index is 12.5. The van der Waals surface area contributed by atoms with Gasteiger partial charge < -0.3 is 10.6 Å². The lowest BCUT2D eigenvalue weighted by Gasteiger charge is -2.15. The number of carbonyl (C=O) groups excluding carboxylic acids is 2. The maximum Gasteiger partial charge on any atom is 0.235 e. The molecule has 2 aromatic rings. The molecule has 1 aliphatic rings. The third kappa shape index (κ3) is 5.33. The lowest BCUT2D eigenvalue weighted by molar-refractivity contribution is -0.137. The first kappa shape index (κ1) is 19.4. The molecule has 0 saturated heterocycles. The molecule has 1 fully saturated rings. The molecule has 0 aromatic heterocycles. The van der Waals surface area contributed by atoms with Crippen LogP contribution in [-0.4, -0.2) is 24.9 Å². The van der Waals surface area contributed by atoms with Crippen LogP contribution in [0.1, 0.15) is 30.4 Å². The van der Waals surface area contributed by atoms with Crippen molar-refractivity contribution in [2.45, 2.75) is 32.1 Å². The average molecular weight is 385 g/mol. The van der Waals surface area contributed by atoms with E-state index in [9.17, 15) is 9.59 Å². The summed E-state index contributed by atoms with van der Waals surface area (Å²) in [7, 11) is 0. The van der Waals surface area contributed by atoms with Crippen LogP contribution < -0.4 is 10.6 Å². The SMILES string of the molecule is O=C(NCCCc1ccccc1)C1(C(=O)NCCc2ccc(Cl)cc2)CC1. The van der Waals surface area contributed by atoms with Crippen LogP contribution in [0.25, 0.3) is 0 Å². The van der Waals surface area contributed by atoms with E-state index in [-0.39, 0.29) is 11.8 Å². The molecule has 3 rings (SSSR count). The van der Waals surface area contributed by atoms with E-state index in [1.54, 1.807) is 0 Å². The summed E-state index contributed by atoms with van der Waals surface area (Å²) in [6, 6.07) is 17.8. The Hall–Kier alpha value is -2.33. The highest BCUT2D eigenvalue weighted by atomic mass is 35.5. The Balaban J connectivity index is 1.38. The average Bonchev–Trinajstić information content (AvgIpc) is 3.49. The van der Waals surface area contributed by atoms with Gasteiger partial charge in [-0.15, -0.1) is 0 Å². The molecule has 1 aliphatic carbocycles. The first-order valence-corrected chi connectivity index (χ1v) is 9.83. The summed E-state index contributed by atoms with van der Waals surface area (Å²) >= 11 is 5.87. The molecule has 27 heavy (non-hydrogen) atoms. The van der Waals surface area contributed by atoms with Gasteiger partial charge in [-0.2, -0.15) is 0 Å². The Labute approximate surface area is 165 Å². The van der Waals surface area contributed by atoms with Crippen molar-refractivity contribution in [2.24, 2.45) is 5.41 Å². The first-order valence-electron chi connectivity index (χ1n) is 9.45. The lowest BCUT2D eigenvalue weighted by Crippen LogP contribution is -2.43. The summed E-state index contributed by atoms with van der Waals surface area (Å²) < 4.78 is 0. The molecule has 2 N–H and O–H groups in total. The maximum absolute atomic E-state index is 12.5. The van der Waals surface area contributed by atoms with Gasteiger partial charge in [-0.05, 0) is 55.4 Å². The highest BCUT2D eigenvalue weighted by molar-refractivity contribution is 6.30. The van der Waals surface area contributed by atoms with Gasteiger partial charge in [0, 0.05) is 18.1 Å². The monoisotopic (exact) mass is 384 g/mol. The summed E-state index contributed by atoms with van der Waals surface area (Å²) in [6.07, 6.45) is 3.76. The summed E-state index contributed by atoms with van der Waals surface area (Å²) in [5, 5.41) is 6.55. The minimum Gasteiger partial charge on any atom is -0.355 e. The summed E-state index contributed by atoms with van der Waals surface area (Å²) in [6.45, 7) is 1.11. The largest absolute Gasteiger partial charge is 0.355 e. The molecule has 0 unspecified atom stereocenters. The second-order valence-electron chi connectivity index (χ2n) is 7.06. The molecular weight excluding hydrogens is 360 g/mol. The van der Waals surface area contributed by atoms with Crippen LogP contribution >= 0.6 is 11.6 Å². The Morgan fingerprint density at radius 1 is 0.815 bits per heavy atom. The smallest absolute Gasteiger partial charge is 0.235 e. The van der Waals surface area contributed by atoms with Crippen molar-refractivity contribution in [3.8, 4) is 0 Å². The standard InChI is InChI=1S/C22H25ClN2O2/c23-19-10-8-18(9-11-19)12-16-25-21(27)22(13-14-22)20(26)24-15-4-7-17-5-2-1-3-6-17/h1-3,5-6,8-11H,4,7,12-16H2,(H,24,26)(H,25,27). The number of amides is 2. The van der Waals surface area contributed by atoms with Gasteiger partial charge in [-0.3, -0.25) is 9.59 Å². The molecule has 0 radical (unpaired) electrons. The van der Waals surface area contributed by atoms with Gasteiger partial charge in [0.15, 0.2) is 0 Å². The number of aryl methyl sites for hydroxylation is 1. The predicted octanol–water partition coefficient (Wildman–Crippen LogP) is 3.53. The van der Waals surface area contributed by atoms with Gasteiger partial charge in [0.25, 0.3) is 0 Å². The van der Waals surface area contributed by atoms with Crippen LogP contribution in [0.5, 0.6) is 0 Å². The van der Waals surface area contributed by atoms with Crippen molar-refractivity contribution in [1.82, 2.24) is 10.6 Å². The first-order chi connectivity index (χ1) is 13.1. The van der Waals surface area contributed by atoms with Crippen molar-refractivity contribution in [3.63, 3.8) is 0 Å². The second kappa shape index (κ2) is 9.05. The number of hydrogen-bond acceptors (Lipinski definition) is 2. The molecule has 4 nitrogen and oxygen atoms in total. The van der Waals surface area contributed by atoms with Crippen LogP contribution in [0.4, 0.5) is 0 Å². The van der Waals surface area contributed by atoms with Crippen LogP contribution in [0.15, 0.2) is 54.6 Å². The van der Waals surface area contributed by atoms with E-state index < -0.39 is 5.41 Å². The van der Waals surface area contributed by atoms with Crippen LogP contribution in [0.2, 0.25) is 5.02 Å². The van der Waals surface area contributed by atoms with Gasteiger partial charge in [0.05, 0.1) is 0 Å². The Morgan fingerprint density at radius 3 is 2.04 bits per heavy atom. The quantitative estimate of drug-likeness (QED) is 0.513. The number of rotatable bonds is 9. The number of halogens is 1. The molecule has 2 aromatic carbocycles. The number of carbonyl (C=O) groups is 2. The lowest BCUT2D eigenvalue weighted by atomic mass is 10.0. The minimum absolute atomic E-state index is 0.139. The molecule has 2 amide bonds. The fourth-order valence-electron chi connectivity index (χ4n) is 3.13. The fraction of sp³-hybridized carbons (Fsp3) is 0.364. The summed E-state index contributed by atoms with van der Waals surface area (Å²) in [5.41, 5.74) is 1.51. The molecule has 0 spiro atoms. The van der Waals surface area contributed by atoms with Crippen LogP contribution in [0.3, 0.4) is 0 Å². The van der Waals surface area contributed by atoms with Crippen molar-refractivity contribution in [3.05, 3.63) is 70.7 Å². The van der Waals surface area contributed by atoms with Gasteiger partial charge in [0.1, 0.15) is 5.41 Å². The fourth-order valence-corrected chi connectivity index (χ4v) is 3.26. The molecular formula is C22H25ClN2O2. The van der Waals surface area contributed by atoms with Crippen LogP contribution in [-0.2, 0) is 22.4 Å². The zero-order valence-corrected chi connectivity index (χ0v) is 16.1. The van der Waals surface area contributed by atoms with Gasteiger partial charge >= 0.3 is 0 Å². The molecule has 0 atom stereocenters. The van der Waals surface area contributed by atoms with E-state index in [0.29, 0.717) is 31.0 Å². The third-order valence-electron chi connectivity index (χ3n) is 5.00. The van der Waals surface area contributed by atoms with Gasteiger partial charge in [-0.1, -0.05) is 54.1 Å². The van der Waals surface area contributed by atoms with E-state index in [0.717, 1.165) is 24.8 Å². The Morgan fingerprint density at radius 2 is 1.41 bits per heavy atom. The van der Waals surface area contributed by atoms with E-state index in [1.807, 2.05) is 42.5 Å². The zero-order chi connectivity index (χ0) is 19.1. The third-order valence-corrected chi connectivity index (χ3v) is 5.25. The molecule has 5 heteroatoms. The van der Waals surface area contributed by atoms with Crippen molar-refractivity contribution < 1.29 is 9.59 Å². The predicted molar refractivity (Wildman–Crippen MR) is 108 cm³/mol. The highest BCUT2D eigenvalue weighted by Gasteiger charge is 2.56. The van der Waals surface area contributed by atoms with Gasteiger partial charge in [-0.25, -0.2) is 0 Å². The molecule has 0 aliphatic heterocycles. The summed E-state index contributed by atoms with van der Waals surface area (Å²) in [4.78, 5) is 24.9. The molecule has 0 heterocycles. The van der Waals surface area contributed by atoms with Gasteiger partial charge in [0.2, 0.25) is 11.8 Å². The molecule has 1 saturated carbocycles. The minimum atomic E-state index is -0.854. The number of nitrogens with one attached hydrogen (secondary N) is 2. The zero-order valence-electron chi connectivity index (χ0n) is 15.3. The van der Waals surface area contributed by atoms with Crippen molar-refractivity contribution in [2.75, 3.05) is 13.1 Å². The van der Waals surface area contributed by atoms with Crippen molar-refractivity contribution in [1.29, 1.82) is 0 Å². The van der Waals surface area contributed by atoms with Crippen molar-refractivity contribution >= 4 is 23.4 Å². The van der Waals surface area contributed by atoms with E-state index >= 15 is 0 Å². The van der Waals surface area contributed by atoms with E-state index in [4.69, 9.17) is 11.6 Å². The Kier molecular flexibility index (Phi) is 6.51. The normalized spacial score (nSPS) is 14.4. The number of benzene rings is 2. The van der Waals surface area contributed by atoms with E-state index in [1.165, 1.54) is 5.56 Å². The second-order valence-corrected chi connectivity index (χ2v) is 7.50. The topological polar surface area (TPSA) is 58.2 Å². The molecule has 0 bridgehead atoms. The number of hydrogen-bond donors (Lipinski definition) is 2. The highest BCUT2D eigenvalue weighted by Crippen LogP contribution is 2.46. The Bertz CT molecular complexity index is 771.